The minimum absolute atomic E-state index is 0.0925. The molecule has 1 N–H and O–H groups in total. The van der Waals surface area contributed by atoms with E-state index in [4.69, 9.17) is 4.74 Å². The minimum Gasteiger partial charge on any atom is -0.497 e. The number of carbonyl (C=O) groups excluding carboxylic acids is 1. The molecule has 1 unspecified atom stereocenters. The predicted octanol–water partition coefficient (Wildman–Crippen LogP) is 3.99. The number of carbonyl (C=O) groups is 1. The number of methoxy groups -OCH3 is 1. The van der Waals surface area contributed by atoms with E-state index < -0.39 is 0 Å². The summed E-state index contributed by atoms with van der Waals surface area (Å²) in [4.78, 5) is 15.0. The molecule has 4 rings (SSSR count). The van der Waals surface area contributed by atoms with E-state index in [9.17, 15) is 4.79 Å². The lowest BCUT2D eigenvalue weighted by molar-refractivity contribution is -0.121. The van der Waals surface area contributed by atoms with E-state index >= 15 is 0 Å². The Kier molecular flexibility index (Phi) is 6.15. The normalized spacial score (nSPS) is 15.5. The summed E-state index contributed by atoms with van der Waals surface area (Å²) in [5.41, 5.74) is 2.37. The second-order valence-corrected chi connectivity index (χ2v) is 7.66. The van der Waals surface area contributed by atoms with Crippen LogP contribution in [0.15, 0.2) is 60.8 Å². The Morgan fingerprint density at radius 1 is 1.10 bits per heavy atom. The molecule has 152 valence electrons. The molecule has 2 aromatic carbocycles. The van der Waals surface area contributed by atoms with Gasteiger partial charge in [0.05, 0.1) is 13.2 Å². The second kappa shape index (κ2) is 9.14. The second-order valence-electron chi connectivity index (χ2n) is 7.66. The molecule has 5 heteroatoms. The number of nitrogens with zero attached hydrogens (tertiary/aromatic N) is 2. The van der Waals surface area contributed by atoms with Gasteiger partial charge in [-0.2, -0.15) is 0 Å². The van der Waals surface area contributed by atoms with Gasteiger partial charge in [-0.1, -0.05) is 30.3 Å². The fourth-order valence-electron chi connectivity index (χ4n) is 4.22. The van der Waals surface area contributed by atoms with E-state index in [1.165, 1.54) is 29.3 Å². The minimum atomic E-state index is 0.0925. The molecule has 1 amide bonds. The lowest BCUT2D eigenvalue weighted by Gasteiger charge is -2.28. The van der Waals surface area contributed by atoms with E-state index in [1.54, 1.807) is 7.11 Å². The Balaban J connectivity index is 1.38. The number of benzene rings is 2. The van der Waals surface area contributed by atoms with E-state index in [1.807, 2.05) is 24.3 Å². The van der Waals surface area contributed by atoms with E-state index in [0.29, 0.717) is 19.5 Å². The number of nitrogens with one attached hydrogen (secondary N) is 1. The highest BCUT2D eigenvalue weighted by molar-refractivity contribution is 5.80. The molecule has 3 aromatic rings. The fourth-order valence-corrected chi connectivity index (χ4v) is 4.22. The molecular formula is C24H29N3O2. The Morgan fingerprint density at radius 2 is 1.93 bits per heavy atom. The third kappa shape index (κ3) is 4.62. The van der Waals surface area contributed by atoms with E-state index in [2.05, 4.69) is 51.3 Å². The van der Waals surface area contributed by atoms with Crippen LogP contribution in [-0.4, -0.2) is 42.1 Å². The molecule has 2 heterocycles. The molecule has 1 aromatic heterocycles. The number of rotatable bonds is 8. The Labute approximate surface area is 172 Å². The Bertz CT molecular complexity index is 959. The standard InChI is InChI=1S/C24H29N3O2/c1-29-21-9-6-8-20(17-21)23(26-13-4-5-14-26)18-25-24(28)12-16-27-15-11-19-7-2-3-10-22(19)27/h2-3,6-11,15,17,23H,4-5,12-14,16,18H2,1H3,(H,25,28). The number of amides is 1. The number of ether oxygens (including phenoxy) is 1. The SMILES string of the molecule is COc1cccc(C(CNC(=O)CCn2ccc3ccccc32)N2CCCC2)c1. The van der Waals surface area contributed by atoms with Crippen molar-refractivity contribution in [1.82, 2.24) is 14.8 Å². The Hall–Kier alpha value is -2.79. The van der Waals surface area contributed by atoms with E-state index in [0.717, 1.165) is 18.8 Å². The monoisotopic (exact) mass is 391 g/mol. The van der Waals surface area contributed by atoms with Gasteiger partial charge >= 0.3 is 0 Å². The van der Waals surface area contributed by atoms with Gasteiger partial charge in [0.1, 0.15) is 5.75 Å². The first kappa shape index (κ1) is 19.5. The van der Waals surface area contributed by atoms with Gasteiger partial charge in [-0.05, 0) is 61.1 Å². The first-order valence-electron chi connectivity index (χ1n) is 10.4. The first-order chi connectivity index (χ1) is 14.2. The topological polar surface area (TPSA) is 46.5 Å². The number of likely N-dealkylation sites (tertiary alicyclic amines) is 1. The summed E-state index contributed by atoms with van der Waals surface area (Å²) in [7, 11) is 1.69. The number of aromatic nitrogens is 1. The van der Waals surface area contributed by atoms with Gasteiger partial charge in [0.15, 0.2) is 0 Å². The molecular weight excluding hydrogens is 362 g/mol. The highest BCUT2D eigenvalue weighted by atomic mass is 16.5. The molecule has 1 aliphatic heterocycles. The molecule has 0 aliphatic carbocycles. The molecule has 0 saturated carbocycles. The van der Waals surface area contributed by atoms with Crippen molar-refractivity contribution >= 4 is 16.8 Å². The van der Waals surface area contributed by atoms with Crippen LogP contribution in [0.25, 0.3) is 10.9 Å². The van der Waals surface area contributed by atoms with Crippen LogP contribution >= 0.6 is 0 Å². The van der Waals surface area contributed by atoms with Crippen molar-refractivity contribution in [3.8, 4) is 5.75 Å². The number of para-hydroxylation sites is 1. The third-order valence-corrected chi connectivity index (χ3v) is 5.81. The highest BCUT2D eigenvalue weighted by Crippen LogP contribution is 2.27. The van der Waals surface area contributed by atoms with Crippen molar-refractivity contribution < 1.29 is 9.53 Å². The van der Waals surface area contributed by atoms with Crippen LogP contribution in [-0.2, 0) is 11.3 Å². The van der Waals surface area contributed by atoms with Crippen LogP contribution in [0.4, 0.5) is 0 Å². The lowest BCUT2D eigenvalue weighted by atomic mass is 10.0. The van der Waals surface area contributed by atoms with Gasteiger partial charge in [0, 0.05) is 31.2 Å². The largest absolute Gasteiger partial charge is 0.497 e. The summed E-state index contributed by atoms with van der Waals surface area (Å²) in [5, 5.41) is 4.38. The van der Waals surface area contributed by atoms with Crippen molar-refractivity contribution in [3.05, 3.63) is 66.4 Å². The summed E-state index contributed by atoms with van der Waals surface area (Å²) in [6, 6.07) is 18.7. The molecule has 5 nitrogen and oxygen atoms in total. The third-order valence-electron chi connectivity index (χ3n) is 5.81. The zero-order valence-electron chi connectivity index (χ0n) is 17.0. The van der Waals surface area contributed by atoms with Crippen molar-refractivity contribution in [2.75, 3.05) is 26.7 Å². The van der Waals surface area contributed by atoms with Gasteiger partial charge < -0.3 is 14.6 Å². The van der Waals surface area contributed by atoms with Crippen molar-refractivity contribution in [2.45, 2.75) is 31.8 Å². The summed E-state index contributed by atoms with van der Waals surface area (Å²) in [6.07, 6.45) is 4.97. The Morgan fingerprint density at radius 3 is 2.76 bits per heavy atom. The molecule has 0 bridgehead atoms. The van der Waals surface area contributed by atoms with Gasteiger partial charge in [0.25, 0.3) is 0 Å². The summed E-state index contributed by atoms with van der Waals surface area (Å²) < 4.78 is 7.55. The molecule has 29 heavy (non-hydrogen) atoms. The van der Waals surface area contributed by atoms with Crippen LogP contribution in [0.5, 0.6) is 5.75 Å². The van der Waals surface area contributed by atoms with Crippen LogP contribution in [0, 0.1) is 0 Å². The molecule has 1 saturated heterocycles. The van der Waals surface area contributed by atoms with E-state index in [-0.39, 0.29) is 11.9 Å². The first-order valence-corrected chi connectivity index (χ1v) is 10.4. The van der Waals surface area contributed by atoms with Crippen LogP contribution in [0.1, 0.15) is 30.9 Å². The van der Waals surface area contributed by atoms with Crippen molar-refractivity contribution in [3.63, 3.8) is 0 Å². The highest BCUT2D eigenvalue weighted by Gasteiger charge is 2.24. The van der Waals surface area contributed by atoms with Crippen LogP contribution < -0.4 is 10.1 Å². The van der Waals surface area contributed by atoms with Gasteiger partial charge in [-0.25, -0.2) is 0 Å². The number of hydrogen-bond acceptors (Lipinski definition) is 3. The molecule has 1 atom stereocenters. The van der Waals surface area contributed by atoms with Gasteiger partial charge in [-0.15, -0.1) is 0 Å². The quantitative estimate of drug-likeness (QED) is 0.631. The van der Waals surface area contributed by atoms with Crippen molar-refractivity contribution in [2.24, 2.45) is 0 Å². The average Bonchev–Trinajstić information content (AvgIpc) is 3.43. The molecule has 1 fully saturated rings. The van der Waals surface area contributed by atoms with Gasteiger partial charge in [-0.3, -0.25) is 9.69 Å². The average molecular weight is 392 g/mol. The summed E-state index contributed by atoms with van der Waals surface area (Å²) in [6.45, 7) is 3.46. The van der Waals surface area contributed by atoms with Gasteiger partial charge in [0.2, 0.25) is 5.91 Å². The summed E-state index contributed by atoms with van der Waals surface area (Å²) >= 11 is 0. The zero-order valence-corrected chi connectivity index (χ0v) is 17.0. The van der Waals surface area contributed by atoms with Crippen molar-refractivity contribution in [1.29, 1.82) is 0 Å². The number of hydrogen-bond donors (Lipinski definition) is 1. The smallest absolute Gasteiger partial charge is 0.221 e. The maximum absolute atomic E-state index is 12.6. The lowest BCUT2D eigenvalue weighted by Crippen LogP contribution is -2.37. The molecule has 0 radical (unpaired) electrons. The van der Waals surface area contributed by atoms with Crippen LogP contribution in [0.2, 0.25) is 0 Å². The number of aryl methyl sites for hydroxylation is 1. The summed E-state index contributed by atoms with van der Waals surface area (Å²) in [5.74, 6) is 0.951. The predicted molar refractivity (Wildman–Crippen MR) is 116 cm³/mol. The number of fused-ring (bicyclic) bond motifs is 1. The van der Waals surface area contributed by atoms with Crippen LogP contribution in [0.3, 0.4) is 0 Å². The maximum Gasteiger partial charge on any atom is 0.221 e. The maximum atomic E-state index is 12.6. The zero-order chi connectivity index (χ0) is 20.1. The molecule has 0 spiro atoms. The fraction of sp³-hybridized carbons (Fsp3) is 0.375. The molecule has 1 aliphatic rings.